The second-order valence-corrected chi connectivity index (χ2v) is 6.66. The lowest BCUT2D eigenvalue weighted by Crippen LogP contribution is -2.31. The SMILES string of the molecule is NC(=O)c1ncn(C2OC(/C=C(\Cl)P(=O)(O)O)[C@@H](O)[C@H]2O)n1. The number of nitrogens with zero attached hydrogens (tertiary/aromatic N) is 3. The molecular formula is C9H12ClN4O7P. The number of carbonyl (C=O) groups is 1. The van der Waals surface area contributed by atoms with Crippen LogP contribution in [0.4, 0.5) is 0 Å². The molecule has 13 heteroatoms. The van der Waals surface area contributed by atoms with Gasteiger partial charge in [0.2, 0.25) is 5.82 Å². The summed E-state index contributed by atoms with van der Waals surface area (Å²) >= 11 is 5.42. The molecule has 122 valence electrons. The van der Waals surface area contributed by atoms with E-state index in [0.717, 1.165) is 17.1 Å². The Hall–Kier alpha value is -1.33. The Morgan fingerprint density at radius 3 is 2.59 bits per heavy atom. The van der Waals surface area contributed by atoms with E-state index in [2.05, 4.69) is 10.1 Å². The molecule has 0 aliphatic carbocycles. The standard InChI is InChI=1S/C9H12ClN4O7P/c10-4(22(18,19)20)1-3-5(15)6(16)9(21-3)14-2-12-8(13-14)7(11)17/h1-3,5-6,9,15-16H,(H2,11,17)(H2,18,19,20)/b4-1+/t3?,5-,6-,9?/m1/s1. The Balaban J connectivity index is 2.23. The van der Waals surface area contributed by atoms with Gasteiger partial charge in [-0.2, -0.15) is 0 Å². The minimum absolute atomic E-state index is 0.322. The first-order valence-electron chi connectivity index (χ1n) is 5.77. The molecule has 11 nitrogen and oxygen atoms in total. The summed E-state index contributed by atoms with van der Waals surface area (Å²) in [7, 11) is -4.70. The lowest BCUT2D eigenvalue weighted by Gasteiger charge is -2.13. The Morgan fingerprint density at radius 2 is 2.09 bits per heavy atom. The van der Waals surface area contributed by atoms with E-state index >= 15 is 0 Å². The molecular weight excluding hydrogens is 343 g/mol. The zero-order valence-electron chi connectivity index (χ0n) is 10.7. The smallest absolute Gasteiger partial charge is 0.367 e. The third-order valence-electron chi connectivity index (χ3n) is 2.84. The number of primary amides is 1. The predicted molar refractivity (Wildman–Crippen MR) is 70.4 cm³/mol. The van der Waals surface area contributed by atoms with Crippen LogP contribution in [0.3, 0.4) is 0 Å². The van der Waals surface area contributed by atoms with Crippen LogP contribution >= 0.6 is 19.2 Å². The molecule has 1 fully saturated rings. The lowest BCUT2D eigenvalue weighted by molar-refractivity contribution is -0.0347. The van der Waals surface area contributed by atoms with Gasteiger partial charge in [-0.05, 0) is 6.08 Å². The predicted octanol–water partition coefficient (Wildman–Crippen LogP) is -1.75. The fourth-order valence-electron chi connectivity index (χ4n) is 1.78. The van der Waals surface area contributed by atoms with Crippen molar-refractivity contribution in [3.63, 3.8) is 0 Å². The molecule has 0 spiro atoms. The number of rotatable bonds is 4. The summed E-state index contributed by atoms with van der Waals surface area (Å²) in [4.78, 5) is 32.3. The first-order chi connectivity index (χ1) is 10.1. The van der Waals surface area contributed by atoms with Crippen molar-refractivity contribution in [3.8, 4) is 0 Å². The van der Waals surface area contributed by atoms with Crippen LogP contribution in [-0.4, -0.2) is 59.0 Å². The van der Waals surface area contributed by atoms with Crippen molar-refractivity contribution in [1.29, 1.82) is 0 Å². The van der Waals surface area contributed by atoms with Crippen LogP contribution in [0.25, 0.3) is 0 Å². The average molecular weight is 355 g/mol. The molecule has 2 rings (SSSR count). The second kappa shape index (κ2) is 6.05. The van der Waals surface area contributed by atoms with Gasteiger partial charge in [0.05, 0.1) is 0 Å². The average Bonchev–Trinajstić information content (AvgIpc) is 2.98. The Bertz CT molecular complexity index is 658. The van der Waals surface area contributed by atoms with Gasteiger partial charge in [0, 0.05) is 0 Å². The number of aliphatic hydroxyl groups excluding tert-OH is 2. The summed E-state index contributed by atoms with van der Waals surface area (Å²) < 4.78 is 16.3. The normalized spacial score (nSPS) is 29.8. The minimum atomic E-state index is -4.70. The summed E-state index contributed by atoms with van der Waals surface area (Å²) in [5.41, 5.74) is 4.99. The van der Waals surface area contributed by atoms with Gasteiger partial charge in [-0.1, -0.05) is 11.6 Å². The van der Waals surface area contributed by atoms with Gasteiger partial charge in [0.15, 0.2) is 6.23 Å². The third-order valence-corrected chi connectivity index (χ3v) is 4.34. The third kappa shape index (κ3) is 3.36. The van der Waals surface area contributed by atoms with E-state index in [1.54, 1.807) is 0 Å². The van der Waals surface area contributed by atoms with Crippen LogP contribution < -0.4 is 5.73 Å². The summed E-state index contributed by atoms with van der Waals surface area (Å²) in [5, 5.41) is 23.4. The molecule has 1 amide bonds. The van der Waals surface area contributed by atoms with Crippen LogP contribution in [0.2, 0.25) is 0 Å². The van der Waals surface area contributed by atoms with Crippen molar-refractivity contribution >= 4 is 25.1 Å². The fraction of sp³-hybridized carbons (Fsp3) is 0.444. The maximum atomic E-state index is 11.0. The Kier molecular flexibility index (Phi) is 4.68. The molecule has 4 atom stereocenters. The lowest BCUT2D eigenvalue weighted by atomic mass is 10.1. The molecule has 0 aromatic carbocycles. The zero-order chi connectivity index (χ0) is 16.7. The van der Waals surface area contributed by atoms with Gasteiger partial charge in [0.25, 0.3) is 5.91 Å². The molecule has 0 saturated carbocycles. The van der Waals surface area contributed by atoms with Gasteiger partial charge in [-0.25, -0.2) is 9.67 Å². The molecule has 6 N–H and O–H groups in total. The zero-order valence-corrected chi connectivity index (χ0v) is 12.4. The highest BCUT2D eigenvalue weighted by molar-refractivity contribution is 7.59. The number of aromatic nitrogens is 3. The second-order valence-electron chi connectivity index (χ2n) is 4.42. The van der Waals surface area contributed by atoms with Crippen LogP contribution in [0.5, 0.6) is 0 Å². The van der Waals surface area contributed by atoms with Gasteiger partial charge in [-0.3, -0.25) is 9.36 Å². The van der Waals surface area contributed by atoms with E-state index in [4.69, 9.17) is 31.9 Å². The number of carbonyl (C=O) groups excluding carboxylic acids is 1. The minimum Gasteiger partial charge on any atom is -0.387 e. The molecule has 1 aromatic heterocycles. The Labute approximate surface area is 128 Å². The molecule has 22 heavy (non-hydrogen) atoms. The number of nitrogens with two attached hydrogens (primary N) is 1. The van der Waals surface area contributed by atoms with Crippen molar-refractivity contribution in [3.05, 3.63) is 23.0 Å². The highest BCUT2D eigenvalue weighted by Crippen LogP contribution is 2.48. The monoisotopic (exact) mass is 354 g/mol. The largest absolute Gasteiger partial charge is 0.387 e. The molecule has 1 aliphatic heterocycles. The number of aliphatic hydroxyl groups is 2. The van der Waals surface area contributed by atoms with E-state index in [-0.39, 0.29) is 5.82 Å². The summed E-state index contributed by atoms with van der Waals surface area (Å²) in [6.45, 7) is 0. The molecule has 2 unspecified atom stereocenters. The van der Waals surface area contributed by atoms with Crippen LogP contribution in [0.15, 0.2) is 17.2 Å². The fourth-order valence-corrected chi connectivity index (χ4v) is 2.25. The molecule has 1 aromatic rings. The van der Waals surface area contributed by atoms with Gasteiger partial charge < -0.3 is 30.5 Å². The maximum absolute atomic E-state index is 11.0. The first-order valence-corrected chi connectivity index (χ1v) is 7.76. The number of ether oxygens (including phenoxy) is 1. The maximum Gasteiger partial charge on any atom is 0.367 e. The highest BCUT2D eigenvalue weighted by atomic mass is 35.5. The van der Waals surface area contributed by atoms with Crippen LogP contribution in [-0.2, 0) is 9.30 Å². The topological polar surface area (TPSA) is 181 Å². The van der Waals surface area contributed by atoms with Crippen LogP contribution in [0.1, 0.15) is 16.8 Å². The van der Waals surface area contributed by atoms with Crippen molar-refractivity contribution < 1.29 is 34.1 Å². The summed E-state index contributed by atoms with van der Waals surface area (Å²) in [6, 6.07) is 0. The van der Waals surface area contributed by atoms with E-state index in [1.165, 1.54) is 0 Å². The van der Waals surface area contributed by atoms with Gasteiger partial charge >= 0.3 is 7.60 Å². The number of halogens is 1. The molecule has 0 bridgehead atoms. The van der Waals surface area contributed by atoms with E-state index in [9.17, 15) is 19.6 Å². The number of hydrogen-bond acceptors (Lipinski definition) is 7. The summed E-state index contributed by atoms with van der Waals surface area (Å²) in [5.74, 6) is -1.22. The van der Waals surface area contributed by atoms with Crippen molar-refractivity contribution in [1.82, 2.24) is 14.8 Å². The van der Waals surface area contributed by atoms with Crippen molar-refractivity contribution in [2.75, 3.05) is 0 Å². The van der Waals surface area contributed by atoms with Crippen LogP contribution in [0, 0.1) is 0 Å². The number of amides is 1. The number of hydrogen-bond donors (Lipinski definition) is 5. The van der Waals surface area contributed by atoms with Crippen molar-refractivity contribution in [2.24, 2.45) is 5.73 Å². The highest BCUT2D eigenvalue weighted by Gasteiger charge is 2.44. The quantitative estimate of drug-likeness (QED) is 0.392. The Morgan fingerprint density at radius 1 is 1.45 bits per heavy atom. The van der Waals surface area contributed by atoms with E-state index in [0.29, 0.717) is 0 Å². The van der Waals surface area contributed by atoms with Crippen molar-refractivity contribution in [2.45, 2.75) is 24.5 Å². The van der Waals surface area contributed by atoms with Gasteiger partial charge in [0.1, 0.15) is 29.4 Å². The molecule has 1 aliphatic rings. The van der Waals surface area contributed by atoms with Gasteiger partial charge in [-0.15, -0.1) is 5.10 Å². The molecule has 1 saturated heterocycles. The summed E-state index contributed by atoms with van der Waals surface area (Å²) in [6.07, 6.45) is -3.70. The molecule has 0 radical (unpaired) electrons. The van der Waals surface area contributed by atoms with E-state index < -0.39 is 42.8 Å². The van der Waals surface area contributed by atoms with E-state index in [1.807, 2.05) is 0 Å². The molecule has 2 heterocycles. The first kappa shape index (κ1) is 17.0.